The fourth-order valence-electron chi connectivity index (χ4n) is 5.52. The van der Waals surface area contributed by atoms with Crippen LogP contribution in [-0.4, -0.2) is 9.97 Å². The molecule has 0 spiro atoms. The van der Waals surface area contributed by atoms with E-state index < -0.39 is 0 Å². The van der Waals surface area contributed by atoms with Crippen molar-refractivity contribution in [2.45, 2.75) is 39.0 Å². The van der Waals surface area contributed by atoms with Crippen molar-refractivity contribution in [1.82, 2.24) is 9.97 Å². The normalized spacial score (nSPS) is 11.9. The van der Waals surface area contributed by atoms with Crippen molar-refractivity contribution >= 4 is 10.8 Å². The average molecular weight is 519 g/mol. The molecule has 6 rings (SSSR count). The maximum absolute atomic E-state index is 4.64. The molecule has 2 heteroatoms. The zero-order chi connectivity index (χ0) is 27.3. The van der Waals surface area contributed by atoms with Crippen molar-refractivity contribution in [1.29, 1.82) is 0 Å². The molecule has 4 aromatic carbocycles. The van der Waals surface area contributed by atoms with Crippen LogP contribution >= 0.6 is 0 Å². The SMILES string of the molecule is CCC(C)c1cc(-c2cncc(Cc3ccc4ccccc4c3)c2)ccc1-c1cncc(Cc2ccccc2)c1. The maximum Gasteiger partial charge on any atom is 0.0346 e. The summed E-state index contributed by atoms with van der Waals surface area (Å²) in [5, 5.41) is 2.55. The summed E-state index contributed by atoms with van der Waals surface area (Å²) in [6.07, 6.45) is 10.8. The molecule has 2 heterocycles. The highest BCUT2D eigenvalue weighted by Crippen LogP contribution is 2.35. The van der Waals surface area contributed by atoms with Gasteiger partial charge in [0.1, 0.15) is 0 Å². The lowest BCUT2D eigenvalue weighted by atomic mass is 9.87. The largest absolute Gasteiger partial charge is 0.264 e. The van der Waals surface area contributed by atoms with Gasteiger partial charge in [-0.15, -0.1) is 0 Å². The molecule has 0 saturated carbocycles. The summed E-state index contributed by atoms with van der Waals surface area (Å²) in [5.41, 5.74) is 11.2. The van der Waals surface area contributed by atoms with Gasteiger partial charge in [-0.3, -0.25) is 9.97 Å². The standard InChI is InChI=1S/C38H34N2/c1-3-27(2)38-22-34(15-16-37(38)36-21-30(23-40-26-36)17-28-9-5-4-6-10-28)35-20-31(24-39-25-35)18-29-13-14-32-11-7-8-12-33(32)19-29/h4-16,19-27H,3,17-18H2,1-2H3. The number of fused-ring (bicyclic) bond motifs is 1. The van der Waals surface area contributed by atoms with Gasteiger partial charge in [-0.25, -0.2) is 0 Å². The number of benzene rings is 4. The maximum atomic E-state index is 4.64. The van der Waals surface area contributed by atoms with Crippen LogP contribution in [-0.2, 0) is 12.8 Å². The molecule has 0 aliphatic rings. The van der Waals surface area contributed by atoms with Gasteiger partial charge in [0.15, 0.2) is 0 Å². The van der Waals surface area contributed by atoms with Crippen LogP contribution in [0.3, 0.4) is 0 Å². The van der Waals surface area contributed by atoms with Crippen LogP contribution in [0.5, 0.6) is 0 Å². The van der Waals surface area contributed by atoms with Crippen molar-refractivity contribution in [3.05, 3.63) is 156 Å². The zero-order valence-electron chi connectivity index (χ0n) is 23.2. The molecule has 0 radical (unpaired) electrons. The first-order chi connectivity index (χ1) is 19.7. The third-order valence-corrected chi connectivity index (χ3v) is 7.90. The number of rotatable bonds is 8. The van der Waals surface area contributed by atoms with E-state index in [4.69, 9.17) is 0 Å². The molecular formula is C38H34N2. The lowest BCUT2D eigenvalue weighted by molar-refractivity contribution is 0.735. The van der Waals surface area contributed by atoms with E-state index in [1.807, 2.05) is 24.8 Å². The van der Waals surface area contributed by atoms with Crippen molar-refractivity contribution in [2.24, 2.45) is 0 Å². The molecule has 6 aromatic rings. The molecule has 1 atom stereocenters. The fraction of sp³-hybridized carbons (Fsp3) is 0.158. The van der Waals surface area contributed by atoms with E-state index in [-0.39, 0.29) is 0 Å². The van der Waals surface area contributed by atoms with Crippen molar-refractivity contribution < 1.29 is 0 Å². The van der Waals surface area contributed by atoms with Crippen LogP contribution in [0.2, 0.25) is 0 Å². The highest BCUT2D eigenvalue weighted by atomic mass is 14.6. The molecule has 2 nitrogen and oxygen atoms in total. The van der Waals surface area contributed by atoms with Crippen LogP contribution in [0.15, 0.2) is 128 Å². The van der Waals surface area contributed by atoms with Crippen LogP contribution < -0.4 is 0 Å². The molecular weight excluding hydrogens is 484 g/mol. The van der Waals surface area contributed by atoms with Gasteiger partial charge in [-0.1, -0.05) is 105 Å². The summed E-state index contributed by atoms with van der Waals surface area (Å²) in [6.45, 7) is 4.58. The minimum atomic E-state index is 0.432. The minimum Gasteiger partial charge on any atom is -0.264 e. The number of hydrogen-bond acceptors (Lipinski definition) is 2. The van der Waals surface area contributed by atoms with Gasteiger partial charge < -0.3 is 0 Å². The summed E-state index contributed by atoms with van der Waals surface area (Å²) in [4.78, 5) is 9.26. The van der Waals surface area contributed by atoms with Crippen molar-refractivity contribution in [3.63, 3.8) is 0 Å². The summed E-state index contributed by atoms with van der Waals surface area (Å²) in [6, 6.07) is 37.3. The Kier molecular flexibility index (Phi) is 7.50. The van der Waals surface area contributed by atoms with E-state index in [9.17, 15) is 0 Å². The lowest BCUT2D eigenvalue weighted by Gasteiger charge is -2.18. The first-order valence-electron chi connectivity index (χ1n) is 14.2. The predicted octanol–water partition coefficient (Wildman–Crippen LogP) is 9.66. The number of aromatic nitrogens is 2. The number of nitrogens with zero attached hydrogens (tertiary/aromatic N) is 2. The second kappa shape index (κ2) is 11.7. The molecule has 0 fully saturated rings. The molecule has 40 heavy (non-hydrogen) atoms. The number of hydrogen-bond donors (Lipinski definition) is 0. The molecule has 0 N–H and O–H groups in total. The predicted molar refractivity (Wildman–Crippen MR) is 168 cm³/mol. The average Bonchev–Trinajstić information content (AvgIpc) is 3.01. The van der Waals surface area contributed by atoms with E-state index in [1.54, 1.807) is 0 Å². The van der Waals surface area contributed by atoms with Crippen LogP contribution in [0.25, 0.3) is 33.0 Å². The fourth-order valence-corrected chi connectivity index (χ4v) is 5.52. The van der Waals surface area contributed by atoms with Gasteiger partial charge in [0.25, 0.3) is 0 Å². The first-order valence-corrected chi connectivity index (χ1v) is 14.2. The first kappa shape index (κ1) is 25.7. The van der Waals surface area contributed by atoms with E-state index in [1.165, 1.54) is 55.3 Å². The van der Waals surface area contributed by atoms with E-state index >= 15 is 0 Å². The molecule has 0 amide bonds. The Bertz CT molecular complexity index is 1750. The molecule has 0 saturated heterocycles. The molecule has 2 aromatic heterocycles. The van der Waals surface area contributed by atoms with Gasteiger partial charge in [-0.05, 0) is 87.0 Å². The Labute approximate surface area is 237 Å². The van der Waals surface area contributed by atoms with E-state index in [2.05, 4.69) is 127 Å². The Morgan fingerprint density at radius 3 is 1.98 bits per heavy atom. The van der Waals surface area contributed by atoms with Gasteiger partial charge in [0.2, 0.25) is 0 Å². The molecule has 0 bridgehead atoms. The third kappa shape index (κ3) is 5.72. The van der Waals surface area contributed by atoms with Crippen LogP contribution in [0, 0.1) is 0 Å². The third-order valence-electron chi connectivity index (χ3n) is 7.90. The van der Waals surface area contributed by atoms with Gasteiger partial charge in [0, 0.05) is 35.9 Å². The Morgan fingerprint density at radius 2 is 1.20 bits per heavy atom. The van der Waals surface area contributed by atoms with E-state index in [0.717, 1.165) is 24.8 Å². The lowest BCUT2D eigenvalue weighted by Crippen LogP contribution is -1.98. The van der Waals surface area contributed by atoms with Gasteiger partial charge in [-0.2, -0.15) is 0 Å². The van der Waals surface area contributed by atoms with Crippen LogP contribution in [0.4, 0.5) is 0 Å². The number of pyridine rings is 2. The van der Waals surface area contributed by atoms with Gasteiger partial charge in [0.05, 0.1) is 0 Å². The quantitative estimate of drug-likeness (QED) is 0.200. The second-order valence-corrected chi connectivity index (χ2v) is 10.8. The van der Waals surface area contributed by atoms with E-state index in [0.29, 0.717) is 5.92 Å². The Hall–Kier alpha value is -4.56. The Balaban J connectivity index is 1.30. The highest BCUT2D eigenvalue weighted by Gasteiger charge is 2.14. The monoisotopic (exact) mass is 518 g/mol. The van der Waals surface area contributed by atoms with Crippen molar-refractivity contribution in [3.8, 4) is 22.3 Å². The highest BCUT2D eigenvalue weighted by molar-refractivity contribution is 5.83. The smallest absolute Gasteiger partial charge is 0.0346 e. The molecule has 1 unspecified atom stereocenters. The van der Waals surface area contributed by atoms with Gasteiger partial charge >= 0.3 is 0 Å². The van der Waals surface area contributed by atoms with Crippen LogP contribution in [0.1, 0.15) is 54.0 Å². The molecule has 0 aliphatic carbocycles. The zero-order valence-corrected chi connectivity index (χ0v) is 23.2. The molecule has 196 valence electrons. The summed E-state index contributed by atoms with van der Waals surface area (Å²) in [7, 11) is 0. The molecule has 0 aliphatic heterocycles. The topological polar surface area (TPSA) is 25.8 Å². The summed E-state index contributed by atoms with van der Waals surface area (Å²) >= 11 is 0. The second-order valence-electron chi connectivity index (χ2n) is 10.8. The Morgan fingerprint density at radius 1 is 0.525 bits per heavy atom. The summed E-state index contributed by atoms with van der Waals surface area (Å²) < 4.78 is 0. The summed E-state index contributed by atoms with van der Waals surface area (Å²) in [5.74, 6) is 0.432. The van der Waals surface area contributed by atoms with Crippen molar-refractivity contribution in [2.75, 3.05) is 0 Å². The minimum absolute atomic E-state index is 0.432.